The van der Waals surface area contributed by atoms with Crippen molar-refractivity contribution in [2.75, 3.05) is 5.73 Å². The van der Waals surface area contributed by atoms with Crippen molar-refractivity contribution in [2.24, 2.45) is 7.05 Å². The van der Waals surface area contributed by atoms with Gasteiger partial charge in [-0.15, -0.1) is 0 Å². The zero-order chi connectivity index (χ0) is 12.4. The van der Waals surface area contributed by atoms with Gasteiger partial charge in [0.2, 0.25) is 0 Å². The summed E-state index contributed by atoms with van der Waals surface area (Å²) in [6.45, 7) is 0. The number of nitrogen functional groups attached to an aromatic ring is 1. The van der Waals surface area contributed by atoms with Crippen LogP contribution in [0.5, 0.6) is 11.5 Å². The fourth-order valence-corrected chi connectivity index (χ4v) is 1.39. The van der Waals surface area contributed by atoms with Crippen LogP contribution >= 0.6 is 0 Å². The number of phenols is 1. The van der Waals surface area contributed by atoms with Gasteiger partial charge in [-0.3, -0.25) is 0 Å². The third kappa shape index (κ3) is 2.23. The van der Waals surface area contributed by atoms with Crippen molar-refractivity contribution in [1.29, 1.82) is 0 Å². The van der Waals surface area contributed by atoms with Gasteiger partial charge in [0.1, 0.15) is 22.9 Å². The van der Waals surface area contributed by atoms with E-state index in [1.54, 1.807) is 23.9 Å². The van der Waals surface area contributed by atoms with Crippen LogP contribution in [-0.4, -0.2) is 15.6 Å². The molecule has 0 aliphatic rings. The summed E-state index contributed by atoms with van der Waals surface area (Å²) in [7, 11) is 1.74. The Morgan fingerprint density at radius 1 is 1.29 bits per heavy atom. The molecule has 2 aromatic rings. The molecule has 0 saturated heterocycles. The number of anilines is 1. The number of aryl methyl sites for hydroxylation is 1. The second-order valence-corrected chi connectivity index (χ2v) is 3.61. The van der Waals surface area contributed by atoms with E-state index in [1.165, 1.54) is 24.3 Å². The average molecular weight is 232 g/mol. The lowest BCUT2D eigenvalue weighted by Gasteiger charge is -2.04. The third-order valence-electron chi connectivity index (χ3n) is 2.39. The van der Waals surface area contributed by atoms with Gasteiger partial charge in [0, 0.05) is 13.2 Å². The second-order valence-electron chi connectivity index (χ2n) is 3.61. The van der Waals surface area contributed by atoms with E-state index in [0.717, 1.165) is 0 Å². The molecule has 0 aliphatic heterocycles. The molecule has 2 rings (SSSR count). The van der Waals surface area contributed by atoms with Gasteiger partial charge in [0.25, 0.3) is 0 Å². The highest BCUT2D eigenvalue weighted by Gasteiger charge is 2.14. The number of benzene rings is 1. The summed E-state index contributed by atoms with van der Waals surface area (Å²) < 4.78 is 6.74. The van der Waals surface area contributed by atoms with Crippen LogP contribution in [0.4, 0.5) is 5.82 Å². The predicted octanol–water partition coefficient (Wildman–Crippen LogP) is 1.53. The third-order valence-corrected chi connectivity index (χ3v) is 2.39. The molecule has 0 saturated carbocycles. The normalized spacial score (nSPS) is 10.2. The van der Waals surface area contributed by atoms with Crippen molar-refractivity contribution in [3.63, 3.8) is 0 Å². The van der Waals surface area contributed by atoms with Crippen LogP contribution in [0.2, 0.25) is 0 Å². The molecule has 3 N–H and O–H groups in total. The minimum atomic E-state index is -0.520. The Kier molecular flexibility index (Phi) is 2.74. The summed E-state index contributed by atoms with van der Waals surface area (Å²) in [5.74, 6) is 0.308. The van der Waals surface area contributed by atoms with Gasteiger partial charge >= 0.3 is 5.97 Å². The maximum absolute atomic E-state index is 11.8. The van der Waals surface area contributed by atoms with Gasteiger partial charge in [-0.05, 0) is 30.3 Å². The maximum Gasteiger partial charge on any atom is 0.347 e. The summed E-state index contributed by atoms with van der Waals surface area (Å²) in [5.41, 5.74) is 6.02. The number of hydrogen-bond donors (Lipinski definition) is 2. The van der Waals surface area contributed by atoms with E-state index in [4.69, 9.17) is 15.6 Å². The number of phenolic OH excluding ortho intramolecular Hbond substituents is 1. The van der Waals surface area contributed by atoms with Gasteiger partial charge < -0.3 is 20.1 Å². The largest absolute Gasteiger partial charge is 0.508 e. The molecule has 1 aromatic carbocycles. The number of hydrogen-bond acceptors (Lipinski definition) is 4. The van der Waals surface area contributed by atoms with Crippen LogP contribution < -0.4 is 10.5 Å². The first-order valence-corrected chi connectivity index (χ1v) is 5.00. The molecule has 0 radical (unpaired) electrons. The second kappa shape index (κ2) is 4.21. The van der Waals surface area contributed by atoms with Gasteiger partial charge in [0.05, 0.1) is 0 Å². The summed E-state index contributed by atoms with van der Waals surface area (Å²) in [5, 5.41) is 9.09. The van der Waals surface area contributed by atoms with E-state index < -0.39 is 5.97 Å². The number of carbonyl (C=O) groups is 1. The molecule has 88 valence electrons. The lowest BCUT2D eigenvalue weighted by atomic mass is 10.3. The number of esters is 1. The van der Waals surface area contributed by atoms with E-state index in [9.17, 15) is 4.79 Å². The first-order chi connectivity index (χ1) is 8.08. The smallest absolute Gasteiger partial charge is 0.347 e. The maximum atomic E-state index is 11.8. The van der Waals surface area contributed by atoms with Gasteiger partial charge in [-0.2, -0.15) is 0 Å². The highest BCUT2D eigenvalue weighted by Crippen LogP contribution is 2.19. The van der Waals surface area contributed by atoms with E-state index in [-0.39, 0.29) is 5.75 Å². The molecule has 0 bridgehead atoms. The standard InChI is InChI=1S/C12H12N2O3/c1-14-7-6-10(11(14)13)12(16)17-9-4-2-8(15)3-5-9/h2-7,15H,13H2,1H3. The SMILES string of the molecule is Cn1ccc(C(=O)Oc2ccc(O)cc2)c1N. The molecule has 1 heterocycles. The average Bonchev–Trinajstić information content (AvgIpc) is 2.63. The molecule has 0 unspecified atom stereocenters. The van der Waals surface area contributed by atoms with E-state index in [0.29, 0.717) is 17.1 Å². The monoisotopic (exact) mass is 232 g/mol. The molecule has 0 spiro atoms. The molecule has 5 nitrogen and oxygen atoms in total. The summed E-state index contributed by atoms with van der Waals surface area (Å²) >= 11 is 0. The van der Waals surface area contributed by atoms with Crippen LogP contribution in [0.3, 0.4) is 0 Å². The number of nitrogens with zero attached hydrogens (tertiary/aromatic N) is 1. The molecule has 0 atom stereocenters. The predicted molar refractivity (Wildman–Crippen MR) is 62.9 cm³/mol. The van der Waals surface area contributed by atoms with Crippen molar-refractivity contribution >= 4 is 11.8 Å². The van der Waals surface area contributed by atoms with E-state index in [1.807, 2.05) is 0 Å². The Balaban J connectivity index is 2.17. The van der Waals surface area contributed by atoms with Crippen LogP contribution in [0.25, 0.3) is 0 Å². The van der Waals surface area contributed by atoms with Crippen molar-refractivity contribution in [3.8, 4) is 11.5 Å². The first-order valence-electron chi connectivity index (χ1n) is 5.00. The van der Waals surface area contributed by atoms with Crippen LogP contribution in [0.15, 0.2) is 36.5 Å². The Morgan fingerprint density at radius 3 is 2.47 bits per heavy atom. The summed E-state index contributed by atoms with van der Waals surface area (Å²) in [6.07, 6.45) is 1.68. The van der Waals surface area contributed by atoms with Crippen LogP contribution in [-0.2, 0) is 7.05 Å². The zero-order valence-corrected chi connectivity index (χ0v) is 9.25. The van der Waals surface area contributed by atoms with E-state index in [2.05, 4.69) is 0 Å². The topological polar surface area (TPSA) is 77.5 Å². The number of aromatic nitrogens is 1. The molecule has 0 amide bonds. The van der Waals surface area contributed by atoms with Crippen LogP contribution in [0, 0.1) is 0 Å². The Morgan fingerprint density at radius 2 is 1.94 bits per heavy atom. The minimum absolute atomic E-state index is 0.115. The quantitative estimate of drug-likeness (QED) is 0.608. The fourth-order valence-electron chi connectivity index (χ4n) is 1.39. The lowest BCUT2D eigenvalue weighted by molar-refractivity contribution is 0.0736. The van der Waals surface area contributed by atoms with E-state index >= 15 is 0 Å². The van der Waals surface area contributed by atoms with Gasteiger partial charge in [0.15, 0.2) is 0 Å². The molecule has 17 heavy (non-hydrogen) atoms. The lowest BCUT2D eigenvalue weighted by Crippen LogP contribution is -2.10. The van der Waals surface area contributed by atoms with Crippen molar-refractivity contribution in [3.05, 3.63) is 42.1 Å². The molecular formula is C12H12N2O3. The Bertz CT molecular complexity index is 543. The fraction of sp³-hybridized carbons (Fsp3) is 0.0833. The van der Waals surface area contributed by atoms with Crippen molar-refractivity contribution in [1.82, 2.24) is 4.57 Å². The molecule has 0 aliphatic carbocycles. The molecule has 0 fully saturated rings. The van der Waals surface area contributed by atoms with Gasteiger partial charge in [-0.25, -0.2) is 4.79 Å². The van der Waals surface area contributed by atoms with Crippen molar-refractivity contribution < 1.29 is 14.6 Å². The number of carbonyl (C=O) groups excluding carboxylic acids is 1. The molecular weight excluding hydrogens is 220 g/mol. The molecule has 5 heteroatoms. The number of nitrogens with two attached hydrogens (primary N) is 1. The molecule has 1 aromatic heterocycles. The number of aromatic hydroxyl groups is 1. The highest BCUT2D eigenvalue weighted by atomic mass is 16.5. The number of rotatable bonds is 2. The number of ether oxygens (including phenoxy) is 1. The van der Waals surface area contributed by atoms with Crippen LogP contribution in [0.1, 0.15) is 10.4 Å². The van der Waals surface area contributed by atoms with Gasteiger partial charge in [-0.1, -0.05) is 0 Å². The summed E-state index contributed by atoms with van der Waals surface area (Å²) in [6, 6.07) is 7.49. The minimum Gasteiger partial charge on any atom is -0.508 e. The zero-order valence-electron chi connectivity index (χ0n) is 9.25. The summed E-state index contributed by atoms with van der Waals surface area (Å²) in [4.78, 5) is 11.8. The Labute approximate surface area is 98.0 Å². The Hall–Kier alpha value is -2.43. The highest BCUT2D eigenvalue weighted by molar-refractivity contribution is 5.95. The van der Waals surface area contributed by atoms with Crippen molar-refractivity contribution in [2.45, 2.75) is 0 Å². The first kappa shape index (κ1) is 11.1.